The molecule has 2 aliphatic heterocycles. The molecule has 2 saturated heterocycles. The Morgan fingerprint density at radius 3 is 2.84 bits per heavy atom. The second-order valence-corrected chi connectivity index (χ2v) is 10.6. The van der Waals surface area contributed by atoms with Gasteiger partial charge >= 0.3 is 0 Å². The van der Waals surface area contributed by atoms with E-state index in [0.717, 1.165) is 23.8 Å². The van der Waals surface area contributed by atoms with E-state index in [2.05, 4.69) is 24.6 Å². The second-order valence-electron chi connectivity index (χ2n) is 8.10. The number of pyridine rings is 1. The fraction of sp³-hybridized carbons (Fsp3) is 0.409. The first-order valence-electron chi connectivity index (χ1n) is 10.6. The van der Waals surface area contributed by atoms with Gasteiger partial charge in [0, 0.05) is 23.1 Å². The molecule has 0 saturated carbocycles. The van der Waals surface area contributed by atoms with Crippen LogP contribution in [0.4, 0.5) is 17.2 Å². The zero-order chi connectivity index (χ0) is 22.1. The van der Waals surface area contributed by atoms with E-state index >= 15 is 0 Å². The van der Waals surface area contributed by atoms with Gasteiger partial charge in [-0.2, -0.15) is 4.36 Å². The third kappa shape index (κ3) is 4.25. The highest BCUT2D eigenvalue weighted by molar-refractivity contribution is 7.93. The highest BCUT2D eigenvalue weighted by atomic mass is 32.2. The molecule has 4 heterocycles. The van der Waals surface area contributed by atoms with E-state index in [1.54, 1.807) is 12.3 Å². The summed E-state index contributed by atoms with van der Waals surface area (Å²) in [6.45, 7) is 2.52. The Balaban J connectivity index is 1.49. The molecular weight excluding hydrogens is 430 g/mol. The van der Waals surface area contributed by atoms with E-state index in [9.17, 15) is 9.32 Å². The Labute approximate surface area is 186 Å². The molecular formula is C22H25N5O4S. The number of fused-ring (bicyclic) bond motifs is 1. The zero-order valence-electron chi connectivity index (χ0n) is 17.7. The molecule has 2 atom stereocenters. The summed E-state index contributed by atoms with van der Waals surface area (Å²) in [5.74, 6) is 2.28. The topological polar surface area (TPSA) is 119 Å². The fourth-order valence-electron chi connectivity index (χ4n) is 4.05. The van der Waals surface area contributed by atoms with Crippen molar-refractivity contribution < 1.29 is 18.8 Å². The molecule has 2 N–H and O–H groups in total. The maximum atomic E-state index is 12.9. The van der Waals surface area contributed by atoms with E-state index in [-0.39, 0.29) is 6.61 Å². The number of hydrogen-bond donors (Lipinski definition) is 2. The van der Waals surface area contributed by atoms with Crippen LogP contribution < -0.4 is 10.1 Å². The Kier molecular flexibility index (Phi) is 5.66. The van der Waals surface area contributed by atoms with Crippen molar-refractivity contribution >= 4 is 37.8 Å². The maximum absolute atomic E-state index is 12.9. The number of hydrogen-bond acceptors (Lipinski definition) is 9. The van der Waals surface area contributed by atoms with E-state index < -0.39 is 21.9 Å². The normalized spacial score (nSPS) is 22.2. The summed E-state index contributed by atoms with van der Waals surface area (Å²) in [6, 6.07) is 7.41. The first-order chi connectivity index (χ1) is 15.5. The predicted molar refractivity (Wildman–Crippen MR) is 122 cm³/mol. The molecule has 0 bridgehead atoms. The second kappa shape index (κ2) is 8.61. The molecule has 5 rings (SSSR count). The predicted octanol–water partition coefficient (Wildman–Crippen LogP) is 3.11. The lowest BCUT2D eigenvalue weighted by Crippen LogP contribution is -2.30. The van der Waals surface area contributed by atoms with Gasteiger partial charge in [-0.15, -0.1) is 0 Å². The molecule has 0 radical (unpaired) electrons. The lowest BCUT2D eigenvalue weighted by Gasteiger charge is -2.18. The van der Waals surface area contributed by atoms with Gasteiger partial charge in [0.25, 0.3) is 0 Å². The van der Waals surface area contributed by atoms with Crippen molar-refractivity contribution in [3.63, 3.8) is 0 Å². The van der Waals surface area contributed by atoms with Crippen molar-refractivity contribution in [3.8, 4) is 5.88 Å². The molecule has 3 aromatic rings. The summed E-state index contributed by atoms with van der Waals surface area (Å²) in [6.07, 6.45) is 3.87. The van der Waals surface area contributed by atoms with Gasteiger partial charge in [0.15, 0.2) is 6.10 Å². The molecule has 2 fully saturated rings. The number of rotatable bonds is 5. The first-order valence-corrected chi connectivity index (χ1v) is 12.5. The van der Waals surface area contributed by atoms with Crippen LogP contribution in [0.15, 0.2) is 41.2 Å². The Morgan fingerprint density at radius 2 is 2.06 bits per heavy atom. The van der Waals surface area contributed by atoms with Crippen molar-refractivity contribution in [2.24, 2.45) is 4.36 Å². The fourth-order valence-corrected chi connectivity index (χ4v) is 6.23. The number of ether oxygens (including phenoxy) is 2. The minimum absolute atomic E-state index is 0.246. The van der Waals surface area contributed by atoms with Crippen LogP contribution in [0.2, 0.25) is 0 Å². The van der Waals surface area contributed by atoms with Crippen molar-refractivity contribution in [1.82, 2.24) is 15.0 Å². The monoisotopic (exact) mass is 455 g/mol. The SMILES string of the molecule is Cc1cc(N=S2(=O)CCCC2)cc2ncnc(Nc3cccnc3O[C@H]3COC[C@@H]3O)c12. The van der Waals surface area contributed by atoms with E-state index in [0.29, 0.717) is 46.7 Å². The largest absolute Gasteiger partial charge is 0.468 e. The number of aromatic nitrogens is 3. The van der Waals surface area contributed by atoms with Gasteiger partial charge in [-0.3, -0.25) is 0 Å². The Bertz CT molecular complexity index is 1260. The summed E-state index contributed by atoms with van der Waals surface area (Å²) < 4.78 is 28.6. The molecule has 9 nitrogen and oxygen atoms in total. The Hall–Kier alpha value is -2.82. The smallest absolute Gasteiger partial charge is 0.238 e. The molecule has 1 aromatic carbocycles. The number of aliphatic hydroxyl groups is 1. The standard InChI is InChI=1S/C22H25N5O4S/c1-14-9-15(27-32(29)7-2-3-8-32)10-17-20(14)21(25-13-24-17)26-16-5-4-6-23-22(16)31-19-12-30-11-18(19)28/h4-6,9-10,13,18-19,28H,2-3,7-8,11-12H2,1H3,(H,24,25,26)/t18-,19-/m0/s1. The van der Waals surface area contributed by atoms with Gasteiger partial charge in [-0.25, -0.2) is 19.2 Å². The lowest BCUT2D eigenvalue weighted by molar-refractivity contribution is 0.0709. The van der Waals surface area contributed by atoms with Gasteiger partial charge in [0.1, 0.15) is 23.9 Å². The van der Waals surface area contributed by atoms with Crippen LogP contribution in [0, 0.1) is 6.92 Å². The van der Waals surface area contributed by atoms with Crippen LogP contribution in [0.5, 0.6) is 5.88 Å². The highest BCUT2D eigenvalue weighted by Crippen LogP contribution is 2.33. The minimum Gasteiger partial charge on any atom is -0.468 e. The third-order valence-corrected chi connectivity index (χ3v) is 8.05. The molecule has 0 aliphatic carbocycles. The molecule has 32 heavy (non-hydrogen) atoms. The third-order valence-electron chi connectivity index (χ3n) is 5.66. The molecule has 2 aromatic heterocycles. The van der Waals surface area contributed by atoms with Crippen molar-refractivity contribution in [1.29, 1.82) is 0 Å². The van der Waals surface area contributed by atoms with E-state index in [1.807, 2.05) is 25.1 Å². The van der Waals surface area contributed by atoms with Crippen molar-refractivity contribution in [2.75, 3.05) is 30.0 Å². The number of anilines is 2. The van der Waals surface area contributed by atoms with Gasteiger partial charge in [-0.05, 0) is 49.6 Å². The van der Waals surface area contributed by atoms with Crippen LogP contribution in [-0.4, -0.2) is 61.2 Å². The number of benzene rings is 1. The Morgan fingerprint density at radius 1 is 1.22 bits per heavy atom. The number of nitrogens with one attached hydrogen (secondary N) is 1. The molecule has 10 heteroatoms. The highest BCUT2D eigenvalue weighted by Gasteiger charge is 2.29. The lowest BCUT2D eigenvalue weighted by atomic mass is 10.1. The van der Waals surface area contributed by atoms with E-state index in [4.69, 9.17) is 9.47 Å². The number of nitrogens with zero attached hydrogens (tertiary/aromatic N) is 4. The zero-order valence-corrected chi connectivity index (χ0v) is 18.5. The summed E-state index contributed by atoms with van der Waals surface area (Å²) in [4.78, 5) is 13.2. The van der Waals surface area contributed by atoms with Crippen LogP contribution in [0.25, 0.3) is 10.9 Å². The molecule has 2 aliphatic rings. The summed E-state index contributed by atoms with van der Waals surface area (Å²) >= 11 is 0. The van der Waals surface area contributed by atoms with Gasteiger partial charge in [-0.1, -0.05) is 0 Å². The number of aryl methyl sites for hydroxylation is 1. The van der Waals surface area contributed by atoms with Crippen molar-refractivity contribution in [3.05, 3.63) is 42.4 Å². The molecule has 168 valence electrons. The average Bonchev–Trinajstić information content (AvgIpc) is 3.37. The van der Waals surface area contributed by atoms with Crippen LogP contribution in [0.1, 0.15) is 18.4 Å². The van der Waals surface area contributed by atoms with Crippen LogP contribution in [0.3, 0.4) is 0 Å². The van der Waals surface area contributed by atoms with Crippen LogP contribution in [-0.2, 0) is 14.5 Å². The summed E-state index contributed by atoms with van der Waals surface area (Å²) in [5.41, 5.74) is 2.95. The van der Waals surface area contributed by atoms with Gasteiger partial charge < -0.3 is 19.9 Å². The quantitative estimate of drug-likeness (QED) is 0.602. The van der Waals surface area contributed by atoms with E-state index in [1.165, 1.54) is 6.33 Å². The first kappa shape index (κ1) is 21.0. The summed E-state index contributed by atoms with van der Waals surface area (Å²) in [7, 11) is -2.16. The van der Waals surface area contributed by atoms with Gasteiger partial charge in [0.2, 0.25) is 5.88 Å². The van der Waals surface area contributed by atoms with Gasteiger partial charge in [0.05, 0.1) is 34.1 Å². The maximum Gasteiger partial charge on any atom is 0.238 e. The molecule has 0 spiro atoms. The summed E-state index contributed by atoms with van der Waals surface area (Å²) in [5, 5.41) is 14.1. The number of aliphatic hydroxyl groups excluding tert-OH is 1. The molecule has 0 unspecified atom stereocenters. The minimum atomic E-state index is -2.16. The molecule has 0 amide bonds. The average molecular weight is 456 g/mol. The van der Waals surface area contributed by atoms with Crippen molar-refractivity contribution in [2.45, 2.75) is 32.0 Å². The van der Waals surface area contributed by atoms with Crippen LogP contribution >= 0.6 is 0 Å².